The number of pyridine rings is 1. The van der Waals surface area contributed by atoms with Crippen LogP contribution in [0.5, 0.6) is 0 Å². The van der Waals surface area contributed by atoms with Gasteiger partial charge in [-0.2, -0.15) is 10.1 Å². The summed E-state index contributed by atoms with van der Waals surface area (Å²) < 4.78 is 7.11. The molecular formula is C24H27N7O2. The molecule has 4 aromatic heterocycles. The SMILES string of the molecule is COC1CC(Nc2ncc3c(-c4ccn5ncc(C(=O)N6CCCCC6)c5c4)c[nH]c3n2)C1. The van der Waals surface area contributed by atoms with Crippen LogP contribution >= 0.6 is 0 Å². The van der Waals surface area contributed by atoms with E-state index in [9.17, 15) is 4.79 Å². The summed E-state index contributed by atoms with van der Waals surface area (Å²) in [7, 11) is 1.75. The van der Waals surface area contributed by atoms with Gasteiger partial charge >= 0.3 is 0 Å². The van der Waals surface area contributed by atoms with E-state index in [-0.39, 0.29) is 5.91 Å². The maximum absolute atomic E-state index is 13.1. The third-order valence-corrected chi connectivity index (χ3v) is 6.90. The van der Waals surface area contributed by atoms with Crippen molar-refractivity contribution in [1.82, 2.24) is 29.5 Å². The van der Waals surface area contributed by atoms with Crippen LogP contribution in [-0.2, 0) is 4.74 Å². The first-order chi connectivity index (χ1) is 16.2. The molecule has 0 unspecified atom stereocenters. The molecule has 33 heavy (non-hydrogen) atoms. The Morgan fingerprint density at radius 3 is 2.88 bits per heavy atom. The molecule has 5 heterocycles. The smallest absolute Gasteiger partial charge is 0.257 e. The molecule has 2 N–H and O–H groups in total. The maximum Gasteiger partial charge on any atom is 0.257 e. The predicted molar refractivity (Wildman–Crippen MR) is 125 cm³/mol. The number of ether oxygens (including phenoxy) is 1. The highest BCUT2D eigenvalue weighted by molar-refractivity contribution is 6.02. The molecular weight excluding hydrogens is 418 g/mol. The van der Waals surface area contributed by atoms with Gasteiger partial charge in [-0.05, 0) is 49.8 Å². The van der Waals surface area contributed by atoms with Crippen molar-refractivity contribution >= 4 is 28.4 Å². The molecule has 1 aliphatic carbocycles. The first-order valence-corrected chi connectivity index (χ1v) is 11.6. The van der Waals surface area contributed by atoms with E-state index in [0.717, 1.165) is 66.4 Å². The topological polar surface area (TPSA) is 100 Å². The number of fused-ring (bicyclic) bond motifs is 2. The number of H-pyrrole nitrogens is 1. The Kier molecular flexibility index (Phi) is 4.98. The minimum Gasteiger partial charge on any atom is -0.381 e. The van der Waals surface area contributed by atoms with Crippen LogP contribution < -0.4 is 5.32 Å². The summed E-state index contributed by atoms with van der Waals surface area (Å²) in [4.78, 5) is 27.5. The van der Waals surface area contributed by atoms with E-state index >= 15 is 0 Å². The summed E-state index contributed by atoms with van der Waals surface area (Å²) >= 11 is 0. The Bertz CT molecular complexity index is 1320. The largest absolute Gasteiger partial charge is 0.381 e. The summed E-state index contributed by atoms with van der Waals surface area (Å²) in [6, 6.07) is 4.38. The molecule has 1 aliphatic heterocycles. The molecule has 1 saturated heterocycles. The van der Waals surface area contributed by atoms with E-state index in [1.54, 1.807) is 17.8 Å². The first-order valence-electron chi connectivity index (χ1n) is 11.6. The van der Waals surface area contributed by atoms with Crippen molar-refractivity contribution in [3.8, 4) is 11.1 Å². The summed E-state index contributed by atoms with van der Waals surface area (Å²) in [6.07, 6.45) is 13.0. The van der Waals surface area contributed by atoms with Gasteiger partial charge in [-0.25, -0.2) is 9.50 Å². The Labute approximate surface area is 191 Å². The molecule has 0 bridgehead atoms. The lowest BCUT2D eigenvalue weighted by Gasteiger charge is -2.34. The number of nitrogens with one attached hydrogen (secondary N) is 2. The van der Waals surface area contributed by atoms with Crippen LogP contribution in [0, 0.1) is 0 Å². The van der Waals surface area contributed by atoms with Crippen LogP contribution in [0.4, 0.5) is 5.95 Å². The molecule has 0 atom stereocenters. The first kappa shape index (κ1) is 20.2. The molecule has 2 aliphatic rings. The van der Waals surface area contributed by atoms with Gasteiger partial charge in [0.1, 0.15) is 5.65 Å². The van der Waals surface area contributed by atoms with Crippen LogP contribution in [0.3, 0.4) is 0 Å². The van der Waals surface area contributed by atoms with Crippen LogP contribution in [0.1, 0.15) is 42.5 Å². The van der Waals surface area contributed by atoms with E-state index < -0.39 is 0 Å². The third-order valence-electron chi connectivity index (χ3n) is 6.90. The molecule has 9 nitrogen and oxygen atoms in total. The van der Waals surface area contributed by atoms with Crippen molar-refractivity contribution in [2.24, 2.45) is 0 Å². The third kappa shape index (κ3) is 3.62. The maximum atomic E-state index is 13.1. The quantitative estimate of drug-likeness (QED) is 0.488. The number of likely N-dealkylation sites (tertiary alicyclic amines) is 1. The standard InChI is InChI=1S/C24H27N7O2/c1-33-17-10-16(11-17)28-24-26-13-19-18(12-25-22(19)29-24)15-5-8-31-21(9-15)20(14-27-31)23(32)30-6-3-2-4-7-30/h5,8-9,12-14,16-17H,2-4,6-7,10-11H2,1H3,(H2,25,26,28,29). The normalized spacial score (nSPS) is 20.8. The van der Waals surface area contributed by atoms with E-state index in [1.807, 2.05) is 35.6 Å². The highest BCUT2D eigenvalue weighted by Gasteiger charge is 2.29. The number of nitrogens with zero attached hydrogens (tertiary/aromatic N) is 5. The fourth-order valence-electron chi connectivity index (χ4n) is 4.85. The molecule has 6 rings (SSSR count). The average molecular weight is 446 g/mol. The number of anilines is 1. The van der Waals surface area contributed by atoms with Crippen LogP contribution in [0.2, 0.25) is 0 Å². The van der Waals surface area contributed by atoms with Crippen molar-refractivity contribution in [2.75, 3.05) is 25.5 Å². The fraction of sp³-hybridized carbons (Fsp3) is 0.417. The van der Waals surface area contributed by atoms with E-state index in [0.29, 0.717) is 23.7 Å². The molecule has 0 radical (unpaired) electrons. The van der Waals surface area contributed by atoms with Gasteiger partial charge in [0.25, 0.3) is 5.91 Å². The van der Waals surface area contributed by atoms with Crippen LogP contribution in [-0.4, -0.2) is 67.7 Å². The summed E-state index contributed by atoms with van der Waals surface area (Å²) in [6.45, 7) is 1.64. The Morgan fingerprint density at radius 2 is 2.06 bits per heavy atom. The van der Waals surface area contributed by atoms with Crippen LogP contribution in [0.15, 0.2) is 36.9 Å². The number of methoxy groups -OCH3 is 1. The molecule has 0 aromatic carbocycles. The van der Waals surface area contributed by atoms with Gasteiger partial charge in [-0.15, -0.1) is 0 Å². The van der Waals surface area contributed by atoms with Gasteiger partial charge < -0.3 is 19.9 Å². The molecule has 0 spiro atoms. The number of rotatable bonds is 5. The van der Waals surface area contributed by atoms with Crippen molar-refractivity contribution in [1.29, 1.82) is 0 Å². The Morgan fingerprint density at radius 1 is 1.21 bits per heavy atom. The molecule has 4 aromatic rings. The lowest BCUT2D eigenvalue weighted by atomic mass is 9.89. The van der Waals surface area contributed by atoms with Gasteiger partial charge in [0.2, 0.25) is 5.95 Å². The minimum atomic E-state index is 0.0616. The minimum absolute atomic E-state index is 0.0616. The predicted octanol–water partition coefficient (Wildman–Crippen LogP) is 3.49. The van der Waals surface area contributed by atoms with Crippen molar-refractivity contribution < 1.29 is 9.53 Å². The van der Waals surface area contributed by atoms with E-state index in [2.05, 4.69) is 25.4 Å². The number of hydrogen-bond donors (Lipinski definition) is 2. The van der Waals surface area contributed by atoms with E-state index in [4.69, 9.17) is 4.74 Å². The van der Waals surface area contributed by atoms with E-state index in [1.165, 1.54) is 6.42 Å². The number of hydrogen-bond acceptors (Lipinski definition) is 6. The number of carbonyl (C=O) groups is 1. The van der Waals surface area contributed by atoms with Crippen molar-refractivity contribution in [3.63, 3.8) is 0 Å². The van der Waals surface area contributed by atoms with Crippen molar-refractivity contribution in [2.45, 2.75) is 44.2 Å². The Hall–Kier alpha value is -3.46. The summed E-state index contributed by atoms with van der Waals surface area (Å²) in [5.41, 5.74) is 4.24. The average Bonchev–Trinajstić information content (AvgIpc) is 3.44. The molecule has 2 fully saturated rings. The monoisotopic (exact) mass is 445 g/mol. The fourth-order valence-corrected chi connectivity index (χ4v) is 4.85. The molecule has 9 heteroatoms. The van der Waals surface area contributed by atoms with Crippen LogP contribution in [0.25, 0.3) is 27.7 Å². The highest BCUT2D eigenvalue weighted by Crippen LogP contribution is 2.31. The highest BCUT2D eigenvalue weighted by atomic mass is 16.5. The van der Waals surface area contributed by atoms with Gasteiger partial charge in [-0.3, -0.25) is 4.79 Å². The van der Waals surface area contributed by atoms with Crippen molar-refractivity contribution in [3.05, 3.63) is 42.5 Å². The Balaban J connectivity index is 1.29. The van der Waals surface area contributed by atoms with Gasteiger partial charge in [0.15, 0.2) is 0 Å². The van der Waals surface area contributed by atoms with Gasteiger partial charge in [0, 0.05) is 55.8 Å². The number of aromatic nitrogens is 5. The lowest BCUT2D eigenvalue weighted by Crippen LogP contribution is -2.40. The zero-order valence-electron chi connectivity index (χ0n) is 18.6. The lowest BCUT2D eigenvalue weighted by molar-refractivity contribution is 0.0327. The zero-order valence-corrected chi connectivity index (χ0v) is 18.6. The zero-order chi connectivity index (χ0) is 22.4. The summed E-state index contributed by atoms with van der Waals surface area (Å²) in [5, 5.41) is 8.72. The summed E-state index contributed by atoms with van der Waals surface area (Å²) in [5.74, 6) is 0.683. The van der Waals surface area contributed by atoms with Gasteiger partial charge in [-0.1, -0.05) is 0 Å². The number of aromatic amines is 1. The molecule has 1 saturated carbocycles. The second-order valence-electron chi connectivity index (χ2n) is 8.98. The number of amides is 1. The number of carbonyl (C=O) groups excluding carboxylic acids is 1. The second kappa shape index (κ2) is 8.15. The molecule has 170 valence electrons. The molecule has 1 amide bonds. The van der Waals surface area contributed by atoms with Gasteiger partial charge in [0.05, 0.1) is 23.4 Å². The number of piperidine rings is 1. The second-order valence-corrected chi connectivity index (χ2v) is 8.98.